The van der Waals surface area contributed by atoms with Gasteiger partial charge in [0.15, 0.2) is 11.6 Å². The normalized spacial score (nSPS) is 14.3. The van der Waals surface area contributed by atoms with Crippen LogP contribution in [0.1, 0.15) is 32.1 Å². The number of urea groups is 1. The molecule has 0 bridgehead atoms. The second-order valence-corrected chi connectivity index (χ2v) is 9.06. The number of carbonyl (C=O) groups excluding carboxylic acids is 1. The molecule has 2 aromatic carbocycles. The standard InChI is InChI=1S/C25H26ClN7O/c26-19-12-17(11-18-14-29-33-20(18)19)22-21(16-9-5-2-6-10-16)30-23(27)24(31-22)32-25(34)28-13-15-7-3-1-4-8-15/h2,5-6,9-12,14-15H,1,3-4,7-8,13H2,(H2,27,30)(H,29,33)(H2,28,31,32,34). The van der Waals surface area contributed by atoms with E-state index in [1.54, 1.807) is 6.20 Å². The maximum Gasteiger partial charge on any atom is 0.320 e. The van der Waals surface area contributed by atoms with E-state index >= 15 is 0 Å². The fourth-order valence-electron chi connectivity index (χ4n) is 4.47. The van der Waals surface area contributed by atoms with Crippen LogP contribution in [0.15, 0.2) is 48.7 Å². The van der Waals surface area contributed by atoms with E-state index in [2.05, 4.69) is 25.8 Å². The molecule has 34 heavy (non-hydrogen) atoms. The minimum absolute atomic E-state index is 0.144. The minimum Gasteiger partial charge on any atom is -0.381 e. The first-order valence-electron chi connectivity index (χ1n) is 11.5. The van der Waals surface area contributed by atoms with E-state index in [0.717, 1.165) is 34.9 Å². The molecule has 2 heterocycles. The van der Waals surface area contributed by atoms with Gasteiger partial charge in [0.1, 0.15) is 0 Å². The molecular weight excluding hydrogens is 450 g/mol. The number of nitrogens with two attached hydrogens (primary N) is 1. The molecule has 8 nitrogen and oxygen atoms in total. The van der Waals surface area contributed by atoms with Gasteiger partial charge in [0.05, 0.1) is 28.1 Å². The van der Waals surface area contributed by atoms with Crippen molar-refractivity contribution >= 4 is 40.2 Å². The Morgan fingerprint density at radius 3 is 2.62 bits per heavy atom. The number of anilines is 2. The minimum atomic E-state index is -0.340. The molecule has 1 aliphatic rings. The lowest BCUT2D eigenvalue weighted by atomic mass is 9.89. The SMILES string of the molecule is Nc1nc(-c2ccccc2)c(-c2cc(Cl)c3[nH]ncc3c2)nc1NC(=O)NCC1CCCCC1. The van der Waals surface area contributed by atoms with E-state index in [-0.39, 0.29) is 17.7 Å². The molecule has 0 aliphatic heterocycles. The number of aromatic nitrogens is 4. The molecule has 1 saturated carbocycles. The van der Waals surface area contributed by atoms with Gasteiger partial charge in [0, 0.05) is 23.1 Å². The van der Waals surface area contributed by atoms with Gasteiger partial charge in [0.25, 0.3) is 0 Å². The lowest BCUT2D eigenvalue weighted by Gasteiger charge is -2.21. The fourth-order valence-corrected chi connectivity index (χ4v) is 4.74. The van der Waals surface area contributed by atoms with Gasteiger partial charge in [-0.1, -0.05) is 61.2 Å². The van der Waals surface area contributed by atoms with Crippen LogP contribution in [0.3, 0.4) is 0 Å². The van der Waals surface area contributed by atoms with Gasteiger partial charge >= 0.3 is 6.03 Å². The molecule has 0 radical (unpaired) electrons. The van der Waals surface area contributed by atoms with Crippen molar-refractivity contribution in [2.24, 2.45) is 5.92 Å². The number of nitrogens with zero attached hydrogens (tertiary/aromatic N) is 3. The Morgan fingerprint density at radius 2 is 1.82 bits per heavy atom. The zero-order chi connectivity index (χ0) is 23.5. The number of fused-ring (bicyclic) bond motifs is 1. The highest BCUT2D eigenvalue weighted by atomic mass is 35.5. The monoisotopic (exact) mass is 475 g/mol. The lowest BCUT2D eigenvalue weighted by Crippen LogP contribution is -2.34. The predicted octanol–water partition coefficient (Wildman–Crippen LogP) is 5.62. The van der Waals surface area contributed by atoms with Gasteiger partial charge in [-0.25, -0.2) is 14.8 Å². The molecule has 5 rings (SSSR count). The Hall–Kier alpha value is -3.65. The first-order valence-corrected chi connectivity index (χ1v) is 11.9. The van der Waals surface area contributed by atoms with E-state index in [4.69, 9.17) is 22.3 Å². The molecular formula is C25H26ClN7O. The molecule has 0 atom stereocenters. The summed E-state index contributed by atoms with van der Waals surface area (Å²) in [5.74, 6) is 0.868. The van der Waals surface area contributed by atoms with Crippen LogP contribution in [0.5, 0.6) is 0 Å². The van der Waals surface area contributed by atoms with E-state index in [9.17, 15) is 4.79 Å². The molecule has 0 unspecified atom stereocenters. The Bertz CT molecular complexity index is 1320. The van der Waals surface area contributed by atoms with Gasteiger partial charge in [0.2, 0.25) is 0 Å². The Kier molecular flexibility index (Phi) is 6.31. The van der Waals surface area contributed by atoms with Crippen LogP contribution in [0.4, 0.5) is 16.4 Å². The van der Waals surface area contributed by atoms with Crippen LogP contribution in [0.2, 0.25) is 5.02 Å². The highest BCUT2D eigenvalue weighted by Crippen LogP contribution is 2.35. The average Bonchev–Trinajstić information content (AvgIpc) is 3.34. The predicted molar refractivity (Wildman–Crippen MR) is 136 cm³/mol. The van der Waals surface area contributed by atoms with Crippen molar-refractivity contribution in [2.45, 2.75) is 32.1 Å². The Morgan fingerprint density at radius 1 is 1.06 bits per heavy atom. The second-order valence-electron chi connectivity index (χ2n) is 8.65. The third-order valence-corrected chi connectivity index (χ3v) is 6.55. The highest BCUT2D eigenvalue weighted by molar-refractivity contribution is 6.35. The van der Waals surface area contributed by atoms with E-state index in [0.29, 0.717) is 28.9 Å². The summed E-state index contributed by atoms with van der Waals surface area (Å²) in [5, 5.41) is 14.1. The van der Waals surface area contributed by atoms with Crippen molar-refractivity contribution < 1.29 is 4.79 Å². The lowest BCUT2D eigenvalue weighted by molar-refractivity contribution is 0.247. The summed E-state index contributed by atoms with van der Waals surface area (Å²) in [6.07, 6.45) is 7.72. The molecule has 2 aromatic heterocycles. The number of rotatable bonds is 5. The molecule has 0 saturated heterocycles. The summed E-state index contributed by atoms with van der Waals surface area (Å²) in [7, 11) is 0. The van der Waals surface area contributed by atoms with Crippen molar-refractivity contribution in [2.75, 3.05) is 17.6 Å². The quantitative estimate of drug-likeness (QED) is 0.298. The van der Waals surface area contributed by atoms with Crippen LogP contribution in [0, 0.1) is 5.92 Å². The molecule has 1 fully saturated rings. The number of nitrogen functional groups attached to an aromatic ring is 1. The number of halogens is 1. The number of H-pyrrole nitrogens is 1. The Balaban J connectivity index is 1.49. The van der Waals surface area contributed by atoms with Crippen LogP contribution in [0.25, 0.3) is 33.4 Å². The van der Waals surface area contributed by atoms with Gasteiger partial charge in [-0.05, 0) is 30.9 Å². The summed E-state index contributed by atoms with van der Waals surface area (Å²) in [4.78, 5) is 22.0. The van der Waals surface area contributed by atoms with Gasteiger partial charge in [-0.15, -0.1) is 0 Å². The number of carbonyl (C=O) groups is 1. The second kappa shape index (κ2) is 9.69. The van der Waals surface area contributed by atoms with Crippen molar-refractivity contribution in [1.29, 1.82) is 0 Å². The van der Waals surface area contributed by atoms with Crippen LogP contribution >= 0.6 is 11.6 Å². The van der Waals surface area contributed by atoms with Crippen molar-refractivity contribution in [3.05, 3.63) is 53.7 Å². The summed E-state index contributed by atoms with van der Waals surface area (Å²) >= 11 is 6.50. The first-order chi connectivity index (χ1) is 16.6. The number of aromatic amines is 1. The van der Waals surface area contributed by atoms with Gasteiger partial charge < -0.3 is 11.1 Å². The zero-order valence-corrected chi connectivity index (χ0v) is 19.4. The smallest absolute Gasteiger partial charge is 0.320 e. The molecule has 1 aliphatic carbocycles. The number of hydrogen-bond acceptors (Lipinski definition) is 5. The first kappa shape index (κ1) is 22.2. The molecule has 174 valence electrons. The average molecular weight is 476 g/mol. The fraction of sp³-hybridized carbons (Fsp3) is 0.280. The largest absolute Gasteiger partial charge is 0.381 e. The summed E-state index contributed by atoms with van der Waals surface area (Å²) in [6.45, 7) is 0.640. The summed E-state index contributed by atoms with van der Waals surface area (Å²) in [5.41, 5.74) is 9.75. The van der Waals surface area contributed by atoms with E-state index < -0.39 is 0 Å². The van der Waals surface area contributed by atoms with Gasteiger partial charge in [-0.2, -0.15) is 5.10 Å². The van der Waals surface area contributed by atoms with Crippen molar-refractivity contribution in [3.63, 3.8) is 0 Å². The van der Waals surface area contributed by atoms with Crippen LogP contribution in [-0.2, 0) is 0 Å². The Labute approximate surface area is 202 Å². The van der Waals surface area contributed by atoms with E-state index in [1.807, 2.05) is 42.5 Å². The highest BCUT2D eigenvalue weighted by Gasteiger charge is 2.19. The molecule has 2 amide bonds. The molecule has 5 N–H and O–H groups in total. The number of hydrogen-bond donors (Lipinski definition) is 4. The molecule has 0 spiro atoms. The molecule has 4 aromatic rings. The molecule has 9 heteroatoms. The van der Waals surface area contributed by atoms with Gasteiger partial charge in [-0.3, -0.25) is 10.4 Å². The van der Waals surface area contributed by atoms with Crippen molar-refractivity contribution in [1.82, 2.24) is 25.5 Å². The number of nitrogens with one attached hydrogen (secondary N) is 3. The number of amides is 2. The topological polar surface area (TPSA) is 122 Å². The van der Waals surface area contributed by atoms with Crippen LogP contribution < -0.4 is 16.4 Å². The van der Waals surface area contributed by atoms with E-state index in [1.165, 1.54) is 19.3 Å². The van der Waals surface area contributed by atoms with Crippen molar-refractivity contribution in [3.8, 4) is 22.5 Å². The maximum atomic E-state index is 12.6. The van der Waals surface area contributed by atoms with Crippen LogP contribution in [-0.4, -0.2) is 32.7 Å². The third kappa shape index (κ3) is 4.68. The number of benzene rings is 2. The summed E-state index contributed by atoms with van der Waals surface area (Å²) < 4.78 is 0. The summed E-state index contributed by atoms with van der Waals surface area (Å²) in [6, 6.07) is 13.1. The third-order valence-electron chi connectivity index (χ3n) is 6.25. The zero-order valence-electron chi connectivity index (χ0n) is 18.6. The maximum absolute atomic E-state index is 12.6.